The lowest BCUT2D eigenvalue weighted by Crippen LogP contribution is -2.04. The van der Waals surface area contributed by atoms with Gasteiger partial charge in [-0.2, -0.15) is 0 Å². The SMILES string of the molecule is CCn1c(COc2ccc(OC)cc2)cc2ccc(F)cc21. The molecule has 0 aliphatic carbocycles. The van der Waals surface area contributed by atoms with Gasteiger partial charge in [-0.15, -0.1) is 0 Å². The smallest absolute Gasteiger partial charge is 0.128 e. The molecular formula is C18H18FNO2. The predicted molar refractivity (Wildman–Crippen MR) is 84.9 cm³/mol. The van der Waals surface area contributed by atoms with Crippen LogP contribution >= 0.6 is 0 Å². The summed E-state index contributed by atoms with van der Waals surface area (Å²) in [5.74, 6) is 1.35. The van der Waals surface area contributed by atoms with E-state index >= 15 is 0 Å². The summed E-state index contributed by atoms with van der Waals surface area (Å²) in [6.45, 7) is 3.26. The highest BCUT2D eigenvalue weighted by atomic mass is 19.1. The summed E-state index contributed by atoms with van der Waals surface area (Å²) in [7, 11) is 1.63. The molecule has 0 fully saturated rings. The van der Waals surface area contributed by atoms with Gasteiger partial charge in [0.1, 0.15) is 23.9 Å². The van der Waals surface area contributed by atoms with E-state index in [1.807, 2.05) is 37.3 Å². The first kappa shape index (κ1) is 14.4. The van der Waals surface area contributed by atoms with E-state index in [0.29, 0.717) is 6.61 Å². The molecule has 0 atom stereocenters. The van der Waals surface area contributed by atoms with E-state index in [1.165, 1.54) is 6.07 Å². The fourth-order valence-electron chi connectivity index (χ4n) is 2.61. The first-order chi connectivity index (χ1) is 10.7. The number of ether oxygens (including phenoxy) is 2. The average Bonchev–Trinajstić information content (AvgIpc) is 2.90. The van der Waals surface area contributed by atoms with Gasteiger partial charge in [-0.25, -0.2) is 4.39 Å². The molecule has 0 N–H and O–H groups in total. The van der Waals surface area contributed by atoms with Crippen molar-refractivity contribution in [2.45, 2.75) is 20.1 Å². The molecule has 4 heteroatoms. The standard InChI is InChI=1S/C18H18FNO2/c1-3-20-15(10-13-4-5-14(19)11-18(13)20)12-22-17-8-6-16(21-2)7-9-17/h4-11H,3,12H2,1-2H3. The minimum atomic E-state index is -0.220. The molecule has 0 aliphatic heterocycles. The third kappa shape index (κ3) is 2.77. The van der Waals surface area contributed by atoms with Crippen molar-refractivity contribution >= 4 is 10.9 Å². The lowest BCUT2D eigenvalue weighted by atomic mass is 10.2. The predicted octanol–water partition coefficient (Wildman–Crippen LogP) is 4.39. The summed E-state index contributed by atoms with van der Waals surface area (Å²) in [6.07, 6.45) is 0. The Balaban J connectivity index is 1.83. The first-order valence-electron chi connectivity index (χ1n) is 7.26. The number of nitrogens with zero attached hydrogens (tertiary/aromatic N) is 1. The van der Waals surface area contributed by atoms with Crippen molar-refractivity contribution < 1.29 is 13.9 Å². The lowest BCUT2D eigenvalue weighted by molar-refractivity contribution is 0.295. The summed E-state index contributed by atoms with van der Waals surface area (Å²) >= 11 is 0. The number of aromatic nitrogens is 1. The van der Waals surface area contributed by atoms with E-state index in [2.05, 4.69) is 4.57 Å². The summed E-state index contributed by atoms with van der Waals surface area (Å²) < 4.78 is 26.4. The highest BCUT2D eigenvalue weighted by Crippen LogP contribution is 2.23. The fraction of sp³-hybridized carbons (Fsp3) is 0.222. The normalized spacial score (nSPS) is 10.9. The molecule has 2 aromatic carbocycles. The summed E-state index contributed by atoms with van der Waals surface area (Å²) in [4.78, 5) is 0. The van der Waals surface area contributed by atoms with Gasteiger partial charge in [0.25, 0.3) is 0 Å². The maximum absolute atomic E-state index is 13.4. The van der Waals surface area contributed by atoms with Crippen molar-refractivity contribution in [3.05, 3.63) is 60.0 Å². The molecule has 0 saturated heterocycles. The van der Waals surface area contributed by atoms with Crippen LogP contribution in [-0.2, 0) is 13.2 Å². The zero-order valence-electron chi connectivity index (χ0n) is 12.7. The van der Waals surface area contributed by atoms with Crippen LogP contribution in [0.4, 0.5) is 4.39 Å². The van der Waals surface area contributed by atoms with Gasteiger partial charge in [-0.3, -0.25) is 0 Å². The second-order valence-electron chi connectivity index (χ2n) is 5.05. The van der Waals surface area contributed by atoms with E-state index in [9.17, 15) is 4.39 Å². The van der Waals surface area contributed by atoms with Crippen LogP contribution in [0.2, 0.25) is 0 Å². The van der Waals surface area contributed by atoms with Gasteiger partial charge >= 0.3 is 0 Å². The lowest BCUT2D eigenvalue weighted by Gasteiger charge is -2.10. The van der Waals surface area contributed by atoms with Crippen molar-refractivity contribution in [3.63, 3.8) is 0 Å². The van der Waals surface area contributed by atoms with Crippen LogP contribution in [0.15, 0.2) is 48.5 Å². The number of hydrogen-bond acceptors (Lipinski definition) is 2. The zero-order valence-corrected chi connectivity index (χ0v) is 12.7. The maximum Gasteiger partial charge on any atom is 0.128 e. The van der Waals surface area contributed by atoms with Gasteiger partial charge in [-0.1, -0.05) is 0 Å². The minimum absolute atomic E-state index is 0.220. The Labute approximate surface area is 128 Å². The molecule has 0 spiro atoms. The molecule has 3 nitrogen and oxygen atoms in total. The van der Waals surface area contributed by atoms with Gasteiger partial charge in [0.15, 0.2) is 0 Å². The molecule has 0 saturated carbocycles. The average molecular weight is 299 g/mol. The summed E-state index contributed by atoms with van der Waals surface area (Å²) in [6, 6.07) is 14.4. The van der Waals surface area contributed by atoms with Crippen LogP contribution in [0.25, 0.3) is 10.9 Å². The van der Waals surface area contributed by atoms with Crippen molar-refractivity contribution in [1.29, 1.82) is 0 Å². The maximum atomic E-state index is 13.4. The molecule has 0 amide bonds. The van der Waals surface area contributed by atoms with Gasteiger partial charge in [-0.05, 0) is 55.5 Å². The first-order valence-corrected chi connectivity index (χ1v) is 7.26. The number of halogens is 1. The Morgan fingerprint density at radius 3 is 2.41 bits per heavy atom. The number of fused-ring (bicyclic) bond motifs is 1. The molecule has 22 heavy (non-hydrogen) atoms. The van der Waals surface area contributed by atoms with Crippen molar-refractivity contribution in [3.8, 4) is 11.5 Å². The van der Waals surface area contributed by atoms with E-state index in [-0.39, 0.29) is 5.82 Å². The fourth-order valence-corrected chi connectivity index (χ4v) is 2.61. The van der Waals surface area contributed by atoms with Crippen LogP contribution in [0.1, 0.15) is 12.6 Å². The van der Waals surface area contributed by atoms with Crippen LogP contribution in [0, 0.1) is 5.82 Å². The van der Waals surface area contributed by atoms with Crippen LogP contribution < -0.4 is 9.47 Å². The molecule has 114 valence electrons. The van der Waals surface area contributed by atoms with Gasteiger partial charge in [0.05, 0.1) is 18.3 Å². The second-order valence-corrected chi connectivity index (χ2v) is 5.05. The number of aryl methyl sites for hydroxylation is 1. The highest BCUT2D eigenvalue weighted by Gasteiger charge is 2.09. The number of hydrogen-bond donors (Lipinski definition) is 0. The Bertz CT molecular complexity index is 778. The van der Waals surface area contributed by atoms with Gasteiger partial charge < -0.3 is 14.0 Å². The van der Waals surface area contributed by atoms with Crippen molar-refractivity contribution in [2.75, 3.05) is 7.11 Å². The summed E-state index contributed by atoms with van der Waals surface area (Å²) in [5.41, 5.74) is 1.93. The molecule has 1 aromatic heterocycles. The highest BCUT2D eigenvalue weighted by molar-refractivity contribution is 5.81. The van der Waals surface area contributed by atoms with E-state index < -0.39 is 0 Å². The van der Waals surface area contributed by atoms with E-state index in [0.717, 1.165) is 34.6 Å². The Morgan fingerprint density at radius 2 is 1.73 bits per heavy atom. The van der Waals surface area contributed by atoms with Crippen LogP contribution in [0.3, 0.4) is 0 Å². The Kier molecular flexibility index (Phi) is 4.00. The molecular weight excluding hydrogens is 281 g/mol. The third-order valence-electron chi connectivity index (χ3n) is 3.71. The quantitative estimate of drug-likeness (QED) is 0.697. The molecule has 1 heterocycles. The molecule has 0 unspecified atom stereocenters. The molecule has 3 aromatic rings. The molecule has 0 aliphatic rings. The minimum Gasteiger partial charge on any atom is -0.497 e. The van der Waals surface area contributed by atoms with Gasteiger partial charge in [0.2, 0.25) is 0 Å². The largest absolute Gasteiger partial charge is 0.497 e. The van der Waals surface area contributed by atoms with Crippen molar-refractivity contribution in [2.24, 2.45) is 0 Å². The van der Waals surface area contributed by atoms with Crippen LogP contribution in [-0.4, -0.2) is 11.7 Å². The van der Waals surface area contributed by atoms with E-state index in [4.69, 9.17) is 9.47 Å². The number of benzene rings is 2. The third-order valence-corrected chi connectivity index (χ3v) is 3.71. The zero-order chi connectivity index (χ0) is 15.5. The van der Waals surface area contributed by atoms with E-state index in [1.54, 1.807) is 19.2 Å². The number of rotatable bonds is 5. The Morgan fingerprint density at radius 1 is 1.00 bits per heavy atom. The van der Waals surface area contributed by atoms with Crippen molar-refractivity contribution in [1.82, 2.24) is 4.57 Å². The number of methoxy groups -OCH3 is 1. The van der Waals surface area contributed by atoms with Crippen LogP contribution in [0.5, 0.6) is 11.5 Å². The van der Waals surface area contributed by atoms with Gasteiger partial charge in [0, 0.05) is 11.9 Å². The Hall–Kier alpha value is -2.49. The second kappa shape index (κ2) is 6.10. The summed E-state index contributed by atoms with van der Waals surface area (Å²) in [5, 5.41) is 1.02. The monoisotopic (exact) mass is 299 g/mol. The molecule has 0 radical (unpaired) electrons. The topological polar surface area (TPSA) is 23.4 Å². The molecule has 0 bridgehead atoms. The molecule has 3 rings (SSSR count).